The van der Waals surface area contributed by atoms with E-state index in [1.54, 1.807) is 0 Å². The van der Waals surface area contributed by atoms with Crippen LogP contribution in [0.4, 0.5) is 14.9 Å². The third kappa shape index (κ3) is 2.72. The predicted octanol–water partition coefficient (Wildman–Crippen LogP) is 1.83. The van der Waals surface area contributed by atoms with Crippen molar-refractivity contribution in [2.24, 2.45) is 5.92 Å². The summed E-state index contributed by atoms with van der Waals surface area (Å²) in [6, 6.07) is 2.59. The summed E-state index contributed by atoms with van der Waals surface area (Å²) in [5.41, 5.74) is 0.106. The van der Waals surface area contributed by atoms with Crippen LogP contribution in [0.15, 0.2) is 18.2 Å². The number of anilines is 1. The minimum absolute atomic E-state index is 0.0445. The Morgan fingerprint density at radius 2 is 2.05 bits per heavy atom. The number of hydrogen-bond acceptors (Lipinski definition) is 4. The van der Waals surface area contributed by atoms with E-state index in [1.165, 1.54) is 13.2 Å². The summed E-state index contributed by atoms with van der Waals surface area (Å²) in [7, 11) is 1.30. The molecule has 0 aliphatic carbocycles. The SMILES string of the molecule is CCCC1C(=O)NC(=O)N(c2ccc(F)cc2OC)C1=O. The first-order chi connectivity index (χ1) is 9.99. The molecule has 6 nitrogen and oxygen atoms in total. The number of urea groups is 1. The number of nitrogens with zero attached hydrogens (tertiary/aromatic N) is 1. The Morgan fingerprint density at radius 1 is 1.33 bits per heavy atom. The highest BCUT2D eigenvalue weighted by atomic mass is 19.1. The molecule has 1 aromatic rings. The average molecular weight is 294 g/mol. The van der Waals surface area contributed by atoms with E-state index >= 15 is 0 Å². The van der Waals surface area contributed by atoms with Gasteiger partial charge in [0.2, 0.25) is 11.8 Å². The topological polar surface area (TPSA) is 75.7 Å². The quantitative estimate of drug-likeness (QED) is 0.860. The molecule has 0 saturated carbocycles. The fraction of sp³-hybridized carbons (Fsp3) is 0.357. The lowest BCUT2D eigenvalue weighted by molar-refractivity contribution is -0.134. The number of imide groups is 2. The van der Waals surface area contributed by atoms with Gasteiger partial charge in [0, 0.05) is 6.07 Å². The van der Waals surface area contributed by atoms with Gasteiger partial charge in [-0.25, -0.2) is 14.1 Å². The maximum Gasteiger partial charge on any atom is 0.335 e. The van der Waals surface area contributed by atoms with Crippen molar-refractivity contribution in [3.63, 3.8) is 0 Å². The first-order valence-corrected chi connectivity index (χ1v) is 6.52. The minimum atomic E-state index is -0.928. The van der Waals surface area contributed by atoms with E-state index in [-0.39, 0.29) is 11.4 Å². The molecular formula is C14H15FN2O4. The first kappa shape index (κ1) is 15.0. The third-order valence-corrected chi connectivity index (χ3v) is 3.23. The molecule has 7 heteroatoms. The fourth-order valence-corrected chi connectivity index (χ4v) is 2.22. The Balaban J connectivity index is 2.44. The fourth-order valence-electron chi connectivity index (χ4n) is 2.22. The molecule has 1 saturated heterocycles. The van der Waals surface area contributed by atoms with Gasteiger partial charge in [-0.15, -0.1) is 0 Å². The average Bonchev–Trinajstić information content (AvgIpc) is 2.44. The van der Waals surface area contributed by atoms with Crippen LogP contribution in [0.25, 0.3) is 0 Å². The molecule has 1 atom stereocenters. The van der Waals surface area contributed by atoms with E-state index < -0.39 is 29.6 Å². The number of carbonyl (C=O) groups excluding carboxylic acids is 3. The highest BCUT2D eigenvalue weighted by Gasteiger charge is 2.41. The number of halogens is 1. The number of ether oxygens (including phenoxy) is 1. The number of benzene rings is 1. The van der Waals surface area contributed by atoms with Crippen LogP contribution in [0.2, 0.25) is 0 Å². The highest BCUT2D eigenvalue weighted by Crippen LogP contribution is 2.32. The summed E-state index contributed by atoms with van der Waals surface area (Å²) in [5, 5.41) is 2.14. The van der Waals surface area contributed by atoms with Crippen molar-refractivity contribution in [1.82, 2.24) is 5.32 Å². The van der Waals surface area contributed by atoms with Gasteiger partial charge in [0.05, 0.1) is 12.8 Å². The summed E-state index contributed by atoms with van der Waals surface area (Å²) in [6.45, 7) is 1.83. The maximum atomic E-state index is 13.2. The van der Waals surface area contributed by atoms with Gasteiger partial charge < -0.3 is 4.74 Å². The zero-order valence-corrected chi connectivity index (χ0v) is 11.7. The molecule has 1 heterocycles. The third-order valence-electron chi connectivity index (χ3n) is 3.23. The number of rotatable bonds is 4. The van der Waals surface area contributed by atoms with E-state index in [2.05, 4.69) is 5.32 Å². The van der Waals surface area contributed by atoms with Gasteiger partial charge in [-0.05, 0) is 18.6 Å². The lowest BCUT2D eigenvalue weighted by Crippen LogP contribution is -2.58. The van der Waals surface area contributed by atoms with E-state index in [0.717, 1.165) is 17.0 Å². The van der Waals surface area contributed by atoms with E-state index in [9.17, 15) is 18.8 Å². The number of methoxy groups -OCH3 is 1. The number of nitrogens with one attached hydrogen (secondary N) is 1. The summed E-state index contributed by atoms with van der Waals surface area (Å²) in [4.78, 5) is 36.9. The maximum absolute atomic E-state index is 13.2. The molecular weight excluding hydrogens is 279 g/mol. The van der Waals surface area contributed by atoms with Crippen molar-refractivity contribution >= 4 is 23.5 Å². The Hall–Kier alpha value is -2.44. The van der Waals surface area contributed by atoms with Crippen LogP contribution in [0.1, 0.15) is 19.8 Å². The van der Waals surface area contributed by atoms with Gasteiger partial charge in [-0.2, -0.15) is 0 Å². The standard InChI is InChI=1S/C14H15FN2O4/c1-3-4-9-12(18)16-14(20)17(13(9)19)10-6-5-8(15)7-11(10)21-2/h5-7,9H,3-4H2,1-2H3,(H,16,18,20). The predicted molar refractivity (Wildman–Crippen MR) is 72.4 cm³/mol. The molecule has 2 rings (SSSR count). The largest absolute Gasteiger partial charge is 0.494 e. The van der Waals surface area contributed by atoms with Crippen LogP contribution in [0.3, 0.4) is 0 Å². The Labute approximate surface area is 120 Å². The van der Waals surface area contributed by atoms with Crippen LogP contribution in [-0.4, -0.2) is 25.0 Å². The molecule has 1 aliphatic heterocycles. The second-order valence-electron chi connectivity index (χ2n) is 4.63. The van der Waals surface area contributed by atoms with Crippen LogP contribution >= 0.6 is 0 Å². The zero-order chi connectivity index (χ0) is 15.6. The van der Waals surface area contributed by atoms with E-state index in [0.29, 0.717) is 12.8 Å². The number of carbonyl (C=O) groups is 3. The van der Waals surface area contributed by atoms with Gasteiger partial charge in [0.25, 0.3) is 0 Å². The molecule has 1 unspecified atom stereocenters. The number of barbiturate groups is 1. The van der Waals surface area contributed by atoms with Gasteiger partial charge in [0.1, 0.15) is 17.5 Å². The van der Waals surface area contributed by atoms with Crippen LogP contribution < -0.4 is 15.0 Å². The van der Waals surface area contributed by atoms with Crippen molar-refractivity contribution < 1.29 is 23.5 Å². The van der Waals surface area contributed by atoms with Crippen molar-refractivity contribution in [3.8, 4) is 5.75 Å². The van der Waals surface area contributed by atoms with Crippen LogP contribution in [0.5, 0.6) is 5.75 Å². The van der Waals surface area contributed by atoms with Crippen LogP contribution in [-0.2, 0) is 9.59 Å². The molecule has 1 aliphatic rings. The highest BCUT2D eigenvalue weighted by molar-refractivity contribution is 6.28. The lowest BCUT2D eigenvalue weighted by atomic mass is 9.99. The number of amides is 4. The first-order valence-electron chi connectivity index (χ1n) is 6.52. The van der Waals surface area contributed by atoms with E-state index in [4.69, 9.17) is 4.74 Å². The van der Waals surface area contributed by atoms with Crippen molar-refractivity contribution in [2.75, 3.05) is 12.0 Å². The lowest BCUT2D eigenvalue weighted by Gasteiger charge is -2.30. The monoisotopic (exact) mass is 294 g/mol. The molecule has 1 N–H and O–H groups in total. The molecule has 4 amide bonds. The van der Waals surface area contributed by atoms with Crippen molar-refractivity contribution in [2.45, 2.75) is 19.8 Å². The van der Waals surface area contributed by atoms with Gasteiger partial charge in [0.15, 0.2) is 0 Å². The summed E-state index contributed by atoms with van der Waals surface area (Å²) < 4.78 is 18.2. The Morgan fingerprint density at radius 3 is 2.67 bits per heavy atom. The molecule has 112 valence electrons. The molecule has 1 aromatic carbocycles. The molecule has 0 aromatic heterocycles. The second-order valence-corrected chi connectivity index (χ2v) is 4.63. The van der Waals surface area contributed by atoms with E-state index in [1.807, 2.05) is 6.92 Å². The van der Waals surface area contributed by atoms with Gasteiger partial charge >= 0.3 is 6.03 Å². The molecule has 1 fully saturated rings. The zero-order valence-electron chi connectivity index (χ0n) is 11.7. The summed E-state index contributed by atoms with van der Waals surface area (Å²) >= 11 is 0. The Kier molecular flexibility index (Phi) is 4.21. The van der Waals surface area contributed by atoms with Crippen molar-refractivity contribution in [1.29, 1.82) is 0 Å². The molecule has 0 bridgehead atoms. The minimum Gasteiger partial charge on any atom is -0.494 e. The van der Waals surface area contributed by atoms with Gasteiger partial charge in [-0.3, -0.25) is 14.9 Å². The molecule has 21 heavy (non-hydrogen) atoms. The smallest absolute Gasteiger partial charge is 0.335 e. The van der Waals surface area contributed by atoms with Crippen molar-refractivity contribution in [3.05, 3.63) is 24.0 Å². The molecule has 0 radical (unpaired) electrons. The van der Waals surface area contributed by atoms with Gasteiger partial charge in [-0.1, -0.05) is 13.3 Å². The summed E-state index contributed by atoms with van der Waals surface area (Å²) in [5.74, 6) is -2.67. The number of hydrogen-bond donors (Lipinski definition) is 1. The second kappa shape index (κ2) is 5.90. The summed E-state index contributed by atoms with van der Waals surface area (Å²) in [6.07, 6.45) is 0.949. The van der Waals surface area contributed by atoms with Crippen LogP contribution in [0, 0.1) is 11.7 Å². The Bertz CT molecular complexity index is 603. The normalized spacial score (nSPS) is 18.7. The molecule has 0 spiro atoms.